The summed E-state index contributed by atoms with van der Waals surface area (Å²) in [5.41, 5.74) is 8.91. The van der Waals surface area contributed by atoms with Crippen molar-refractivity contribution in [2.75, 3.05) is 5.73 Å². The number of imidazole rings is 1. The Morgan fingerprint density at radius 1 is 1.41 bits per heavy atom. The molecule has 0 radical (unpaired) electrons. The fraction of sp³-hybridized carbons (Fsp3) is 0.214. The summed E-state index contributed by atoms with van der Waals surface area (Å²) in [6.07, 6.45) is 5.98. The molecule has 0 aliphatic heterocycles. The second-order valence-corrected chi connectivity index (χ2v) is 4.31. The molecule has 3 nitrogen and oxygen atoms in total. The molecule has 0 bridgehead atoms. The molecule has 2 aromatic rings. The summed E-state index contributed by atoms with van der Waals surface area (Å²) in [5, 5.41) is 0. The van der Waals surface area contributed by atoms with Crippen LogP contribution in [0.5, 0.6) is 0 Å². The van der Waals surface area contributed by atoms with Gasteiger partial charge in [-0.2, -0.15) is 0 Å². The zero-order valence-corrected chi connectivity index (χ0v) is 10.2. The largest absolute Gasteiger partial charge is 0.399 e. The maximum atomic E-state index is 5.79. The van der Waals surface area contributed by atoms with E-state index in [2.05, 4.69) is 29.5 Å². The average molecular weight is 227 g/mol. The SMILES string of the molecule is CC(C)=CCn1ccnc1-c1cccc(N)c1. The zero-order valence-electron chi connectivity index (χ0n) is 10.2. The summed E-state index contributed by atoms with van der Waals surface area (Å²) in [6, 6.07) is 7.80. The molecule has 0 saturated carbocycles. The van der Waals surface area contributed by atoms with Crippen LogP contribution in [0.2, 0.25) is 0 Å². The van der Waals surface area contributed by atoms with E-state index >= 15 is 0 Å². The standard InChI is InChI=1S/C14H17N3/c1-11(2)6-8-17-9-7-16-14(17)12-4-3-5-13(15)10-12/h3-7,9-10H,8,15H2,1-2H3. The third-order valence-electron chi connectivity index (χ3n) is 2.56. The molecule has 0 aliphatic rings. The van der Waals surface area contributed by atoms with Crippen molar-refractivity contribution in [2.45, 2.75) is 20.4 Å². The Bertz CT molecular complexity index is 534. The van der Waals surface area contributed by atoms with E-state index in [9.17, 15) is 0 Å². The molecule has 0 spiro atoms. The Kier molecular flexibility index (Phi) is 3.28. The van der Waals surface area contributed by atoms with E-state index in [-0.39, 0.29) is 0 Å². The van der Waals surface area contributed by atoms with E-state index < -0.39 is 0 Å². The molecule has 0 unspecified atom stereocenters. The molecule has 2 rings (SSSR count). The molecule has 1 aromatic heterocycles. The highest BCUT2D eigenvalue weighted by Gasteiger charge is 2.04. The Labute approximate surface area is 102 Å². The molecule has 1 aromatic carbocycles. The predicted octanol–water partition coefficient (Wildman–Crippen LogP) is 3.10. The van der Waals surface area contributed by atoms with Crippen LogP contribution in [-0.4, -0.2) is 9.55 Å². The molecule has 0 saturated heterocycles. The third-order valence-corrected chi connectivity index (χ3v) is 2.56. The summed E-state index contributed by atoms with van der Waals surface area (Å²) in [6.45, 7) is 5.03. The Balaban J connectivity index is 2.33. The van der Waals surface area contributed by atoms with Crippen molar-refractivity contribution >= 4 is 5.69 Å². The molecule has 0 fully saturated rings. The predicted molar refractivity (Wildman–Crippen MR) is 71.5 cm³/mol. The minimum atomic E-state index is 0.763. The normalized spacial score (nSPS) is 10.2. The van der Waals surface area contributed by atoms with Gasteiger partial charge in [0.2, 0.25) is 0 Å². The van der Waals surface area contributed by atoms with Crippen molar-refractivity contribution in [1.82, 2.24) is 9.55 Å². The van der Waals surface area contributed by atoms with Gasteiger partial charge in [0.05, 0.1) is 0 Å². The fourth-order valence-corrected chi connectivity index (χ4v) is 1.68. The molecule has 0 atom stereocenters. The molecular formula is C14H17N3. The van der Waals surface area contributed by atoms with Crippen LogP contribution in [0.1, 0.15) is 13.8 Å². The first-order valence-corrected chi connectivity index (χ1v) is 5.67. The summed E-state index contributed by atoms with van der Waals surface area (Å²) in [7, 11) is 0. The van der Waals surface area contributed by atoms with E-state index in [1.54, 1.807) is 0 Å². The summed E-state index contributed by atoms with van der Waals surface area (Å²) >= 11 is 0. The van der Waals surface area contributed by atoms with E-state index in [1.807, 2.05) is 36.7 Å². The van der Waals surface area contributed by atoms with Crippen molar-refractivity contribution in [1.29, 1.82) is 0 Å². The van der Waals surface area contributed by atoms with Crippen LogP contribution < -0.4 is 5.73 Å². The molecule has 17 heavy (non-hydrogen) atoms. The summed E-state index contributed by atoms with van der Waals surface area (Å²) in [5.74, 6) is 0.954. The second kappa shape index (κ2) is 4.87. The second-order valence-electron chi connectivity index (χ2n) is 4.31. The van der Waals surface area contributed by atoms with Gasteiger partial charge in [-0.25, -0.2) is 4.98 Å². The quantitative estimate of drug-likeness (QED) is 0.646. The number of rotatable bonds is 3. The number of aromatic nitrogens is 2. The van der Waals surface area contributed by atoms with Crippen molar-refractivity contribution in [3.63, 3.8) is 0 Å². The first kappa shape index (κ1) is 11.5. The lowest BCUT2D eigenvalue weighted by molar-refractivity contribution is 0.824. The summed E-state index contributed by atoms with van der Waals surface area (Å²) < 4.78 is 2.11. The van der Waals surface area contributed by atoms with E-state index in [0.29, 0.717) is 0 Å². The van der Waals surface area contributed by atoms with Crippen LogP contribution in [0, 0.1) is 0 Å². The van der Waals surface area contributed by atoms with Gasteiger partial charge >= 0.3 is 0 Å². The van der Waals surface area contributed by atoms with Crippen molar-refractivity contribution in [3.8, 4) is 11.4 Å². The number of benzene rings is 1. The zero-order chi connectivity index (χ0) is 12.3. The molecule has 0 aliphatic carbocycles. The van der Waals surface area contributed by atoms with Crippen molar-refractivity contribution in [3.05, 3.63) is 48.3 Å². The highest BCUT2D eigenvalue weighted by molar-refractivity contribution is 5.61. The lowest BCUT2D eigenvalue weighted by Crippen LogP contribution is -1.98. The molecule has 88 valence electrons. The van der Waals surface area contributed by atoms with E-state index in [4.69, 9.17) is 5.73 Å². The number of nitrogen functional groups attached to an aromatic ring is 1. The van der Waals surface area contributed by atoms with Crippen LogP contribution in [0.4, 0.5) is 5.69 Å². The number of nitrogens with two attached hydrogens (primary N) is 1. The minimum Gasteiger partial charge on any atom is -0.399 e. The van der Waals surface area contributed by atoms with Crippen LogP contribution in [-0.2, 0) is 6.54 Å². The molecule has 1 heterocycles. The minimum absolute atomic E-state index is 0.763. The number of nitrogens with zero attached hydrogens (tertiary/aromatic N) is 2. The van der Waals surface area contributed by atoms with Crippen molar-refractivity contribution < 1.29 is 0 Å². The van der Waals surface area contributed by atoms with Gasteiger partial charge in [0.1, 0.15) is 5.82 Å². The molecule has 2 N–H and O–H groups in total. The monoisotopic (exact) mass is 227 g/mol. The average Bonchev–Trinajstić information content (AvgIpc) is 2.74. The number of allylic oxidation sites excluding steroid dienone is 2. The van der Waals surface area contributed by atoms with Crippen LogP contribution in [0.15, 0.2) is 48.3 Å². The maximum Gasteiger partial charge on any atom is 0.140 e. The molecule has 0 amide bonds. The van der Waals surface area contributed by atoms with Gasteiger partial charge in [-0.05, 0) is 26.0 Å². The Hall–Kier alpha value is -2.03. The van der Waals surface area contributed by atoms with Gasteiger partial charge in [-0.1, -0.05) is 23.8 Å². The van der Waals surface area contributed by atoms with E-state index in [1.165, 1.54) is 5.57 Å². The first-order valence-electron chi connectivity index (χ1n) is 5.67. The lowest BCUT2D eigenvalue weighted by Gasteiger charge is -2.06. The summed E-state index contributed by atoms with van der Waals surface area (Å²) in [4.78, 5) is 4.38. The van der Waals surface area contributed by atoms with Gasteiger partial charge in [-0.15, -0.1) is 0 Å². The lowest BCUT2D eigenvalue weighted by atomic mass is 10.2. The van der Waals surface area contributed by atoms with Gasteiger partial charge in [0.15, 0.2) is 0 Å². The van der Waals surface area contributed by atoms with Gasteiger partial charge in [0.25, 0.3) is 0 Å². The van der Waals surface area contributed by atoms with Crippen LogP contribution in [0.25, 0.3) is 11.4 Å². The van der Waals surface area contributed by atoms with Gasteiger partial charge in [-0.3, -0.25) is 0 Å². The van der Waals surface area contributed by atoms with Gasteiger partial charge < -0.3 is 10.3 Å². The van der Waals surface area contributed by atoms with Crippen molar-refractivity contribution in [2.24, 2.45) is 0 Å². The van der Waals surface area contributed by atoms with E-state index in [0.717, 1.165) is 23.6 Å². The van der Waals surface area contributed by atoms with Crippen LogP contribution >= 0.6 is 0 Å². The fourth-order valence-electron chi connectivity index (χ4n) is 1.68. The molecule has 3 heteroatoms. The third kappa shape index (κ3) is 2.75. The Morgan fingerprint density at radius 2 is 2.24 bits per heavy atom. The first-order chi connectivity index (χ1) is 8.16. The number of hydrogen-bond acceptors (Lipinski definition) is 2. The Morgan fingerprint density at radius 3 is 2.94 bits per heavy atom. The van der Waals surface area contributed by atoms with Gasteiger partial charge in [0, 0.05) is 30.2 Å². The van der Waals surface area contributed by atoms with Crippen LogP contribution in [0.3, 0.4) is 0 Å². The number of anilines is 1. The maximum absolute atomic E-state index is 5.79. The molecular weight excluding hydrogens is 210 g/mol. The highest BCUT2D eigenvalue weighted by Crippen LogP contribution is 2.19. The smallest absolute Gasteiger partial charge is 0.140 e. The topological polar surface area (TPSA) is 43.8 Å². The highest BCUT2D eigenvalue weighted by atomic mass is 15.1. The number of hydrogen-bond donors (Lipinski definition) is 1.